The number of nitriles is 1. The molecule has 1 aliphatic carbocycles. The highest BCUT2D eigenvalue weighted by Crippen LogP contribution is 2.52. The summed E-state index contributed by atoms with van der Waals surface area (Å²) in [6.07, 6.45) is -0.445. The summed E-state index contributed by atoms with van der Waals surface area (Å²) >= 11 is 0. The summed E-state index contributed by atoms with van der Waals surface area (Å²) in [6.45, 7) is 6.90. The first-order valence-electron chi connectivity index (χ1n) is 45.5. The second-order valence-corrected chi connectivity index (χ2v) is 34.5. The fourth-order valence-corrected chi connectivity index (χ4v) is 18.0. The SMILES string of the molecule is COc1ccc(C(OC[C@H]2O[C@@H](n3cnc4c(OCCc5ccc([N+](=O)[O-])cc5)nc(N(CCNc5ccc([N+](=O)[O-])cc5[N+](=O)[O-])C(=O)NCCOCCOCCNC(=O)Nc5ccc(-c6c7ccc(=O)cc-7oc7cc(OCCc8ccc([N+](=O)[O-])cc8)ccc67)c(C(=O)OCCc6ccc([N+](=O)[O-])cc6)c5)nc43)C[C@@H]2OP(OCCC#N)N(C(C)C)C(C)C)(c2ccccc2)c2ccc(OC)cc2)cc1. The van der Waals surface area contributed by atoms with Crippen molar-refractivity contribution < 1.29 is 95.1 Å². The lowest BCUT2D eigenvalue weighted by atomic mass is 9.80. The third kappa shape index (κ3) is 25.9. The predicted molar refractivity (Wildman–Crippen MR) is 526 cm³/mol. The first-order chi connectivity index (χ1) is 69.2. The van der Waals surface area contributed by atoms with Crippen molar-refractivity contribution in [1.29, 1.82) is 5.26 Å². The van der Waals surface area contributed by atoms with Crippen LogP contribution in [0.2, 0.25) is 0 Å². The number of carbonyl (C=O) groups is 3. The fourth-order valence-electron chi connectivity index (χ4n) is 16.2. The van der Waals surface area contributed by atoms with E-state index in [4.69, 9.17) is 71.0 Å². The number of carbonyl (C=O) groups excluding carboxylic acids is 3. The number of non-ortho nitro benzene ring substituents is 4. The van der Waals surface area contributed by atoms with Gasteiger partial charge in [-0.3, -0.25) is 64.8 Å². The van der Waals surface area contributed by atoms with Crippen molar-refractivity contribution >= 4 is 94.5 Å². The Hall–Kier alpha value is -16.1. The number of nitrogens with zero attached hydrogens (tertiary/aromatic N) is 12. The molecular weight excluding hydrogens is 1870 g/mol. The summed E-state index contributed by atoms with van der Waals surface area (Å²) in [5, 5.41) is 80.3. The van der Waals surface area contributed by atoms with Crippen LogP contribution in [0.15, 0.2) is 240 Å². The molecule has 1 saturated heterocycles. The summed E-state index contributed by atoms with van der Waals surface area (Å²) in [5.74, 6) is 0.518. The predicted octanol–water partition coefficient (Wildman–Crippen LogP) is 17.3. The van der Waals surface area contributed by atoms with Crippen LogP contribution in [0.25, 0.3) is 44.6 Å². The van der Waals surface area contributed by atoms with E-state index in [1.807, 2.05) is 107 Å². The minimum Gasteiger partial charge on any atom is -0.497 e. The molecular formula is C100H101N16O26P. The van der Waals surface area contributed by atoms with E-state index in [9.17, 15) is 70.2 Å². The zero-order valence-electron chi connectivity index (χ0n) is 78.5. The summed E-state index contributed by atoms with van der Waals surface area (Å²) in [4.78, 5) is 128. The molecule has 0 saturated carbocycles. The van der Waals surface area contributed by atoms with Gasteiger partial charge in [-0.05, 0) is 133 Å². The zero-order chi connectivity index (χ0) is 101. The number of hydrogen-bond donors (Lipinski definition) is 4. The first-order valence-corrected chi connectivity index (χ1v) is 46.6. The third-order valence-corrected chi connectivity index (χ3v) is 25.3. The molecule has 4 N–H and O–H groups in total. The fraction of sp³-hybridized carbons (Fsp3) is 0.300. The minimum absolute atomic E-state index is 0.000518. The van der Waals surface area contributed by atoms with Crippen LogP contribution in [0.1, 0.15) is 90.5 Å². The molecule has 42 nitrogen and oxygen atoms in total. The minimum atomic E-state index is -1.96. The van der Waals surface area contributed by atoms with E-state index in [1.54, 1.807) is 91.6 Å². The molecule has 0 bridgehead atoms. The molecule has 4 heterocycles. The Morgan fingerprint density at radius 3 is 1.76 bits per heavy atom. The van der Waals surface area contributed by atoms with Crippen LogP contribution in [0.4, 0.5) is 55.3 Å². The van der Waals surface area contributed by atoms with Crippen LogP contribution in [0, 0.1) is 61.9 Å². The standard InChI is InChI=1S/C100H101N16O26P/c1-64(2)111(65(3)4)143(139-49-10-44-101)142-89-61-91(141-90(89)62-138-100(69-11-8-7-9-12-69,70-19-32-78(131-5)33-20-70)71-21-34-79(132-6)35-22-71)110-63-105-93-94(110)107-97(108-95(93)136-51-42-67-15-26-74(27-16-67)113(123)124)109(48-45-102-85-40-30-76(115(127)128)58-86(85)116(129)130)99(120)104-47-54-134-56-55-133-53-46-103-98(119)106-72-23-37-81(84(57-72)96(118)137-52-43-68-17-28-75(29-18-68)114(125)126)92-82-38-31-77(117)59-87(82)140-88-60-80(36-39-83(88)92)135-50-41-66-13-24-73(25-14-66)112(121)122/h7-9,11-40,57-60,63-65,89-91,102H,10,41-43,45-56,61-62H2,1-6H3,(H,104,120)(H2,103,106,119)/t89-,90+,91+,143?/m0/s1. The topological polar surface area (TPSA) is 521 Å². The van der Waals surface area contributed by atoms with Gasteiger partial charge in [0.25, 0.3) is 37.0 Å². The first kappa shape index (κ1) is 103. The largest absolute Gasteiger partial charge is 0.497 e. The Kier molecular flexibility index (Phi) is 34.9. The third-order valence-electron chi connectivity index (χ3n) is 23.1. The number of urea groups is 2. The number of nitro benzene ring substituents is 5. The molecule has 1 unspecified atom stereocenters. The number of anilines is 3. The van der Waals surface area contributed by atoms with E-state index in [1.165, 1.54) is 67.0 Å². The second-order valence-electron chi connectivity index (χ2n) is 33.1. The summed E-state index contributed by atoms with van der Waals surface area (Å²) in [5.41, 5.74) is 2.77. The van der Waals surface area contributed by atoms with Crippen molar-refractivity contribution in [3.05, 3.63) is 331 Å². The Bertz CT molecular complexity index is 6690. The number of benzene rings is 10. The van der Waals surface area contributed by atoms with Crippen molar-refractivity contribution in [3.8, 4) is 51.6 Å². The molecule has 2 aliphatic heterocycles. The molecule has 43 heteroatoms. The van der Waals surface area contributed by atoms with Crippen LogP contribution in [-0.2, 0) is 57.6 Å². The Balaban J connectivity index is 0.695. The molecule has 4 atom stereocenters. The molecule has 4 amide bonds. The number of nitrogens with one attached hydrogen (secondary N) is 4. The summed E-state index contributed by atoms with van der Waals surface area (Å²) in [7, 11) is 1.20. The van der Waals surface area contributed by atoms with E-state index in [-0.39, 0.29) is 197 Å². The van der Waals surface area contributed by atoms with Crippen LogP contribution in [-0.4, -0.2) is 191 Å². The maximum atomic E-state index is 15.2. The van der Waals surface area contributed by atoms with Gasteiger partial charge in [0.2, 0.25) is 11.8 Å². The number of ether oxygens (including phenoxy) is 9. The van der Waals surface area contributed by atoms with Crippen molar-refractivity contribution in [2.24, 2.45) is 0 Å². The molecule has 2 aromatic heterocycles. The number of nitro groups is 5. The van der Waals surface area contributed by atoms with Gasteiger partial charge in [-0.1, -0.05) is 97.1 Å². The van der Waals surface area contributed by atoms with E-state index in [0.717, 1.165) is 39.3 Å². The Labute approximate surface area is 819 Å². The monoisotopic (exact) mass is 1970 g/mol. The van der Waals surface area contributed by atoms with E-state index < -0.39 is 86.6 Å². The molecule has 143 heavy (non-hydrogen) atoms. The molecule has 0 radical (unpaired) electrons. The van der Waals surface area contributed by atoms with Crippen molar-refractivity contribution in [2.75, 3.05) is 115 Å². The van der Waals surface area contributed by atoms with Gasteiger partial charge in [-0.2, -0.15) is 15.2 Å². The second kappa shape index (κ2) is 48.6. The zero-order valence-corrected chi connectivity index (χ0v) is 79.4. The number of imidazole rings is 1. The van der Waals surface area contributed by atoms with Gasteiger partial charge >= 0.3 is 18.0 Å². The molecule has 3 aliphatic rings. The number of methoxy groups -OCH3 is 2. The number of rotatable bonds is 50. The van der Waals surface area contributed by atoms with Gasteiger partial charge in [-0.25, -0.2) is 24.0 Å². The molecule has 14 rings (SSSR count). The van der Waals surface area contributed by atoms with Crippen molar-refractivity contribution in [1.82, 2.24) is 34.8 Å². The number of hydrogen-bond acceptors (Lipinski definition) is 32. The molecule has 1 fully saturated rings. The lowest BCUT2D eigenvalue weighted by Crippen LogP contribution is -2.44. The van der Waals surface area contributed by atoms with Crippen LogP contribution < -0.4 is 50.5 Å². The molecule has 742 valence electrons. The number of fused-ring (bicyclic) bond motifs is 3. The summed E-state index contributed by atoms with van der Waals surface area (Å²) in [6, 6.07) is 59.8. The van der Waals surface area contributed by atoms with E-state index in [2.05, 4.69) is 32.0 Å². The molecule has 9 aromatic carbocycles. The maximum Gasteiger partial charge on any atom is 0.338 e. The lowest BCUT2D eigenvalue weighted by Gasteiger charge is -2.39. The highest BCUT2D eigenvalue weighted by molar-refractivity contribution is 7.44. The smallest absolute Gasteiger partial charge is 0.338 e. The van der Waals surface area contributed by atoms with Gasteiger partial charge in [0.15, 0.2) is 16.6 Å². The summed E-state index contributed by atoms with van der Waals surface area (Å²) < 4.78 is 80.2. The Morgan fingerprint density at radius 1 is 0.594 bits per heavy atom. The maximum absolute atomic E-state index is 15.2. The lowest BCUT2D eigenvalue weighted by molar-refractivity contribution is -0.393. The average Bonchev–Trinajstić information content (AvgIpc) is 1.54. The van der Waals surface area contributed by atoms with Gasteiger partial charge in [0, 0.05) is 141 Å². The van der Waals surface area contributed by atoms with Gasteiger partial charge < -0.3 is 77.4 Å². The van der Waals surface area contributed by atoms with Gasteiger partial charge in [0.1, 0.15) is 52.2 Å². The van der Waals surface area contributed by atoms with Crippen molar-refractivity contribution in [3.63, 3.8) is 0 Å². The van der Waals surface area contributed by atoms with Gasteiger partial charge in [-0.15, -0.1) is 0 Å². The van der Waals surface area contributed by atoms with Gasteiger partial charge in [0.05, 0.1) is 135 Å². The van der Waals surface area contributed by atoms with E-state index in [0.29, 0.717) is 56.9 Å². The van der Waals surface area contributed by atoms with Crippen LogP contribution >= 0.6 is 8.53 Å². The number of esters is 1. The molecule has 0 spiro atoms. The van der Waals surface area contributed by atoms with Crippen molar-refractivity contribution in [2.45, 2.75) is 95.9 Å². The Morgan fingerprint density at radius 2 is 1.17 bits per heavy atom. The highest BCUT2D eigenvalue weighted by Gasteiger charge is 2.46. The number of aromatic nitrogens is 4. The quantitative estimate of drug-likeness (QED) is 0.00523. The number of amides is 4. The van der Waals surface area contributed by atoms with Crippen LogP contribution in [0.5, 0.6) is 23.1 Å². The van der Waals surface area contributed by atoms with Crippen LogP contribution in [0.3, 0.4) is 0 Å². The highest BCUT2D eigenvalue weighted by atomic mass is 31.2. The normalized spacial score (nSPS) is 13.7. The average molecular weight is 1970 g/mol. The van der Waals surface area contributed by atoms with E-state index >= 15 is 4.79 Å². The molecule has 11 aromatic rings.